The zero-order chi connectivity index (χ0) is 20.7. The van der Waals surface area contributed by atoms with Crippen LogP contribution in [0.4, 0.5) is 0 Å². The maximum absolute atomic E-state index is 2.12. The normalized spacial score (nSPS) is 17.1. The summed E-state index contributed by atoms with van der Waals surface area (Å²) in [5, 5.41) is 0. The lowest BCUT2D eigenvalue weighted by Crippen LogP contribution is -1.85. The minimum atomic E-state index is 1.25. The van der Waals surface area contributed by atoms with Gasteiger partial charge in [-0.2, -0.15) is 0 Å². The van der Waals surface area contributed by atoms with Crippen molar-refractivity contribution in [3.63, 3.8) is 0 Å². The van der Waals surface area contributed by atoms with Crippen LogP contribution in [0.3, 0.4) is 0 Å². The van der Waals surface area contributed by atoms with Crippen LogP contribution in [-0.2, 0) is 0 Å². The maximum Gasteiger partial charge on any atom is -0.0533 e. The SMILES string of the molecule is C1CC1.C1CC1.C1CC1.C1CCC1.C1CCC1.CC.CC.CC.CCC. The Morgan fingerprint density at radius 2 is 0.308 bits per heavy atom. The Kier molecular flexibility index (Phi) is 57.4. The predicted octanol–water partition coefficient (Wildman–Crippen LogP) is 11.1. The minimum Gasteiger partial charge on any atom is -0.0683 e. The highest BCUT2D eigenvalue weighted by Crippen LogP contribution is 2.16. The van der Waals surface area contributed by atoms with Gasteiger partial charge in [-0.05, 0) is 0 Å². The molecular formula is C26H60. The quantitative estimate of drug-likeness (QED) is 0.396. The van der Waals surface area contributed by atoms with Crippen LogP contribution in [0, 0.1) is 0 Å². The van der Waals surface area contributed by atoms with Crippen LogP contribution in [0.25, 0.3) is 0 Å². The van der Waals surface area contributed by atoms with Crippen molar-refractivity contribution < 1.29 is 0 Å². The fourth-order valence-corrected chi connectivity index (χ4v) is 0.500. The molecule has 5 saturated carbocycles. The van der Waals surface area contributed by atoms with E-state index in [1.165, 1.54) is 116 Å². The van der Waals surface area contributed by atoms with Gasteiger partial charge in [-0.3, -0.25) is 0 Å². The molecule has 0 amide bonds. The van der Waals surface area contributed by atoms with E-state index in [9.17, 15) is 0 Å². The second-order valence-corrected chi connectivity index (χ2v) is 6.72. The van der Waals surface area contributed by atoms with E-state index in [-0.39, 0.29) is 0 Å². The fraction of sp³-hybridized carbons (Fsp3) is 1.00. The van der Waals surface area contributed by atoms with Crippen molar-refractivity contribution in [2.24, 2.45) is 0 Å². The molecule has 0 spiro atoms. The zero-order valence-corrected chi connectivity index (χ0v) is 20.7. The average molecular weight is 373 g/mol. The van der Waals surface area contributed by atoms with Crippen molar-refractivity contribution in [1.29, 1.82) is 0 Å². The Balaban J connectivity index is -0.000000106. The van der Waals surface area contributed by atoms with Gasteiger partial charge in [0.1, 0.15) is 0 Å². The Morgan fingerprint density at radius 1 is 0.269 bits per heavy atom. The molecule has 0 aliphatic heterocycles. The Bertz CT molecular complexity index is 97.6. The average Bonchev–Trinajstić information content (AvgIpc) is 3.45. The van der Waals surface area contributed by atoms with Crippen LogP contribution in [-0.4, -0.2) is 0 Å². The van der Waals surface area contributed by atoms with E-state index in [4.69, 9.17) is 0 Å². The summed E-state index contributed by atoms with van der Waals surface area (Å²) in [5.74, 6) is 0. The summed E-state index contributed by atoms with van der Waals surface area (Å²) in [6.45, 7) is 16.2. The third-order valence-electron chi connectivity index (χ3n) is 3.06. The molecule has 5 aliphatic carbocycles. The van der Waals surface area contributed by atoms with Crippen molar-refractivity contribution in [3.8, 4) is 0 Å². The maximum atomic E-state index is 2.12. The first kappa shape index (κ1) is 33.6. The topological polar surface area (TPSA) is 0 Å². The smallest absolute Gasteiger partial charge is 0.0533 e. The highest BCUT2D eigenvalue weighted by molar-refractivity contribution is 4.52. The van der Waals surface area contributed by atoms with Gasteiger partial charge in [0.15, 0.2) is 0 Å². The first-order chi connectivity index (χ1) is 12.9. The molecule has 5 fully saturated rings. The van der Waals surface area contributed by atoms with Gasteiger partial charge in [-0.25, -0.2) is 0 Å². The second-order valence-electron chi connectivity index (χ2n) is 6.72. The molecule has 0 aromatic carbocycles. The van der Waals surface area contributed by atoms with E-state index in [1.54, 1.807) is 0 Å². The summed E-state index contributed by atoms with van der Waals surface area (Å²) in [4.78, 5) is 0. The molecule has 0 N–H and O–H groups in total. The molecule has 0 saturated heterocycles. The number of rotatable bonds is 0. The summed E-state index contributed by atoms with van der Waals surface area (Å²) < 4.78 is 0. The van der Waals surface area contributed by atoms with Crippen LogP contribution in [0.1, 0.15) is 171 Å². The molecule has 0 aromatic heterocycles. The molecule has 0 atom stereocenters. The molecule has 0 aromatic rings. The summed E-state index contributed by atoms with van der Waals surface area (Å²) in [7, 11) is 0. The highest BCUT2D eigenvalue weighted by Gasteiger charge is 1.96. The second kappa shape index (κ2) is 44.4. The molecule has 0 bridgehead atoms. The lowest BCUT2D eigenvalue weighted by Gasteiger charge is -2.05. The lowest BCUT2D eigenvalue weighted by atomic mass is 10.0. The molecule has 0 radical (unpaired) electrons. The van der Waals surface area contributed by atoms with Gasteiger partial charge in [-0.1, -0.05) is 171 Å². The van der Waals surface area contributed by atoms with Crippen molar-refractivity contribution in [2.45, 2.75) is 171 Å². The van der Waals surface area contributed by atoms with Gasteiger partial charge in [0.25, 0.3) is 0 Å². The van der Waals surface area contributed by atoms with Gasteiger partial charge in [0, 0.05) is 0 Å². The van der Waals surface area contributed by atoms with E-state index in [0.717, 1.165) is 0 Å². The monoisotopic (exact) mass is 372 g/mol. The number of hydrogen-bond acceptors (Lipinski definition) is 0. The summed E-state index contributed by atoms with van der Waals surface area (Å²) in [5.41, 5.74) is 0. The van der Waals surface area contributed by atoms with E-state index < -0.39 is 0 Å². The largest absolute Gasteiger partial charge is 0.0683 e. The predicted molar refractivity (Wildman–Crippen MR) is 128 cm³/mol. The third kappa shape index (κ3) is 105. The molecule has 0 heteroatoms. The van der Waals surface area contributed by atoms with Crippen molar-refractivity contribution in [3.05, 3.63) is 0 Å². The standard InChI is InChI=1S/2C4H8.3C3H6.C3H8.3C2H6/c2*1-2-4-3-1;3*1-2-3-1;1-3-2;3*1-2/h2*1-4H2;3*1-3H2;3H2,1-2H3;3*1-2H3. The first-order valence-corrected chi connectivity index (χ1v) is 12.9. The zero-order valence-electron chi connectivity index (χ0n) is 20.7. The van der Waals surface area contributed by atoms with Crippen LogP contribution >= 0.6 is 0 Å². The van der Waals surface area contributed by atoms with Gasteiger partial charge in [0.05, 0.1) is 0 Å². The van der Waals surface area contributed by atoms with E-state index >= 15 is 0 Å². The van der Waals surface area contributed by atoms with Crippen LogP contribution in [0.2, 0.25) is 0 Å². The van der Waals surface area contributed by atoms with Crippen LogP contribution in [0.5, 0.6) is 0 Å². The van der Waals surface area contributed by atoms with Crippen molar-refractivity contribution in [2.75, 3.05) is 0 Å². The molecule has 0 unspecified atom stereocenters. The molecule has 5 rings (SSSR count). The van der Waals surface area contributed by atoms with Crippen molar-refractivity contribution in [1.82, 2.24) is 0 Å². The van der Waals surface area contributed by atoms with E-state index in [0.29, 0.717) is 0 Å². The molecule has 0 heterocycles. The van der Waals surface area contributed by atoms with Crippen LogP contribution in [0.15, 0.2) is 0 Å². The molecule has 26 heavy (non-hydrogen) atoms. The third-order valence-corrected chi connectivity index (χ3v) is 3.06. The van der Waals surface area contributed by atoms with Gasteiger partial charge in [0.2, 0.25) is 0 Å². The van der Waals surface area contributed by atoms with Gasteiger partial charge in [-0.15, -0.1) is 0 Å². The first-order valence-electron chi connectivity index (χ1n) is 12.9. The lowest BCUT2D eigenvalue weighted by molar-refractivity contribution is 0.504. The Labute approximate surface area is 171 Å². The molecular weight excluding hydrogens is 312 g/mol. The number of hydrogen-bond donors (Lipinski definition) is 0. The van der Waals surface area contributed by atoms with Crippen LogP contribution < -0.4 is 0 Å². The Hall–Kier alpha value is 0. The molecule has 0 nitrogen and oxygen atoms in total. The Morgan fingerprint density at radius 3 is 0.308 bits per heavy atom. The van der Waals surface area contributed by atoms with Gasteiger partial charge < -0.3 is 0 Å². The highest BCUT2D eigenvalue weighted by atomic mass is 14.0. The van der Waals surface area contributed by atoms with Gasteiger partial charge >= 0.3 is 0 Å². The van der Waals surface area contributed by atoms with Crippen molar-refractivity contribution >= 4 is 0 Å². The summed E-state index contributed by atoms with van der Waals surface area (Å²) in [6, 6.07) is 0. The summed E-state index contributed by atoms with van der Waals surface area (Å²) in [6.07, 6.45) is 26.8. The summed E-state index contributed by atoms with van der Waals surface area (Å²) >= 11 is 0. The molecule has 164 valence electrons. The molecule has 5 aliphatic rings. The minimum absolute atomic E-state index is 1.25. The fourth-order valence-electron chi connectivity index (χ4n) is 0.500. The van der Waals surface area contributed by atoms with E-state index in [1.807, 2.05) is 41.5 Å². The van der Waals surface area contributed by atoms with E-state index in [2.05, 4.69) is 13.8 Å².